The number of hydrogen-bond acceptors (Lipinski definition) is 5. The van der Waals surface area contributed by atoms with Crippen LogP contribution in [0.15, 0.2) is 36.5 Å². The molecule has 1 aromatic carbocycles. The molecule has 0 saturated carbocycles. The van der Waals surface area contributed by atoms with Gasteiger partial charge in [0.2, 0.25) is 5.88 Å². The van der Waals surface area contributed by atoms with Gasteiger partial charge in [-0.25, -0.2) is 4.98 Å². The van der Waals surface area contributed by atoms with Crippen molar-refractivity contribution in [3.8, 4) is 17.4 Å². The number of carbonyl (C=O) groups is 1. The predicted octanol–water partition coefficient (Wildman–Crippen LogP) is 3.47. The van der Waals surface area contributed by atoms with Gasteiger partial charge in [-0.2, -0.15) is 0 Å². The normalized spacial score (nSPS) is 16.4. The minimum atomic E-state index is -0.0751. The number of nitrogens with zero attached hydrogens (tertiary/aromatic N) is 2. The summed E-state index contributed by atoms with van der Waals surface area (Å²) in [4.78, 5) is 19.3. The second-order valence-corrected chi connectivity index (χ2v) is 6.05. The van der Waals surface area contributed by atoms with Crippen molar-refractivity contribution in [1.82, 2.24) is 9.88 Å². The van der Waals surface area contributed by atoms with Gasteiger partial charge in [-0.05, 0) is 50.1 Å². The Morgan fingerprint density at radius 3 is 2.85 bits per heavy atom. The van der Waals surface area contributed by atoms with E-state index in [0.29, 0.717) is 24.6 Å². The third kappa shape index (κ3) is 3.45. The molecule has 1 saturated heterocycles. The SMILES string of the molecule is CCOc1ncccc1C(=O)N1CCC[C@@H]1c1cc(OC)ccc1OC. The topological polar surface area (TPSA) is 60.9 Å². The molecule has 1 aliphatic heterocycles. The van der Waals surface area contributed by atoms with Crippen molar-refractivity contribution >= 4 is 5.91 Å². The van der Waals surface area contributed by atoms with Gasteiger partial charge in [-0.1, -0.05) is 0 Å². The van der Waals surface area contributed by atoms with E-state index in [-0.39, 0.29) is 11.9 Å². The van der Waals surface area contributed by atoms with Gasteiger partial charge in [0, 0.05) is 18.3 Å². The molecular formula is C20H24N2O4. The van der Waals surface area contributed by atoms with E-state index in [1.807, 2.05) is 30.0 Å². The zero-order valence-corrected chi connectivity index (χ0v) is 15.4. The van der Waals surface area contributed by atoms with Gasteiger partial charge in [-0.3, -0.25) is 4.79 Å². The molecule has 1 amide bonds. The number of methoxy groups -OCH3 is 2. The lowest BCUT2D eigenvalue weighted by atomic mass is 10.0. The monoisotopic (exact) mass is 356 g/mol. The van der Waals surface area contributed by atoms with Gasteiger partial charge in [0.05, 0.1) is 26.9 Å². The highest BCUT2D eigenvalue weighted by Crippen LogP contribution is 2.40. The quantitative estimate of drug-likeness (QED) is 0.793. The molecule has 0 aliphatic carbocycles. The van der Waals surface area contributed by atoms with Crippen LogP contribution in [0.5, 0.6) is 17.4 Å². The van der Waals surface area contributed by atoms with Gasteiger partial charge in [0.25, 0.3) is 5.91 Å². The molecule has 0 radical (unpaired) electrons. The second kappa shape index (κ2) is 8.08. The third-order valence-electron chi connectivity index (χ3n) is 4.59. The van der Waals surface area contributed by atoms with Crippen LogP contribution in [0.25, 0.3) is 0 Å². The average Bonchev–Trinajstić information content (AvgIpc) is 3.17. The molecule has 138 valence electrons. The molecule has 2 heterocycles. The minimum absolute atomic E-state index is 0.0674. The van der Waals surface area contributed by atoms with Crippen LogP contribution in [0.2, 0.25) is 0 Å². The summed E-state index contributed by atoms with van der Waals surface area (Å²) in [6, 6.07) is 9.14. The highest BCUT2D eigenvalue weighted by Gasteiger charge is 2.34. The van der Waals surface area contributed by atoms with Crippen LogP contribution in [0.3, 0.4) is 0 Å². The largest absolute Gasteiger partial charge is 0.497 e. The van der Waals surface area contributed by atoms with Crippen LogP contribution in [0.1, 0.15) is 41.7 Å². The van der Waals surface area contributed by atoms with E-state index in [4.69, 9.17) is 14.2 Å². The van der Waals surface area contributed by atoms with E-state index < -0.39 is 0 Å². The zero-order valence-electron chi connectivity index (χ0n) is 15.4. The molecule has 1 aromatic heterocycles. The second-order valence-electron chi connectivity index (χ2n) is 6.05. The maximum Gasteiger partial charge on any atom is 0.259 e. The Labute approximate surface area is 153 Å². The predicted molar refractivity (Wildman–Crippen MR) is 98.0 cm³/mol. The van der Waals surface area contributed by atoms with Gasteiger partial charge in [0.15, 0.2) is 0 Å². The lowest BCUT2D eigenvalue weighted by molar-refractivity contribution is 0.0729. The van der Waals surface area contributed by atoms with Crippen molar-refractivity contribution in [2.24, 2.45) is 0 Å². The summed E-state index contributed by atoms with van der Waals surface area (Å²) in [7, 11) is 3.27. The highest BCUT2D eigenvalue weighted by molar-refractivity contribution is 5.96. The molecule has 0 N–H and O–H groups in total. The molecule has 0 spiro atoms. The van der Waals surface area contributed by atoms with E-state index in [1.165, 1.54) is 0 Å². The third-order valence-corrected chi connectivity index (χ3v) is 4.59. The van der Waals surface area contributed by atoms with Crippen LogP contribution in [-0.2, 0) is 0 Å². The van der Waals surface area contributed by atoms with Crippen LogP contribution in [-0.4, -0.2) is 43.2 Å². The van der Waals surface area contributed by atoms with Crippen molar-refractivity contribution in [2.45, 2.75) is 25.8 Å². The molecule has 2 aromatic rings. The lowest BCUT2D eigenvalue weighted by Gasteiger charge is -2.27. The average molecular weight is 356 g/mol. The van der Waals surface area contributed by atoms with E-state index >= 15 is 0 Å². The Balaban J connectivity index is 1.95. The fraction of sp³-hybridized carbons (Fsp3) is 0.400. The van der Waals surface area contributed by atoms with Crippen molar-refractivity contribution in [2.75, 3.05) is 27.4 Å². The summed E-state index contributed by atoms with van der Waals surface area (Å²) in [6.45, 7) is 3.03. The Morgan fingerprint density at radius 2 is 2.12 bits per heavy atom. The number of carbonyl (C=O) groups excluding carboxylic acids is 1. The molecule has 1 aliphatic rings. The molecule has 0 unspecified atom stereocenters. The maximum absolute atomic E-state index is 13.2. The molecule has 26 heavy (non-hydrogen) atoms. The molecule has 0 bridgehead atoms. The summed E-state index contributed by atoms with van der Waals surface area (Å²) in [5.41, 5.74) is 1.45. The van der Waals surface area contributed by atoms with E-state index in [1.54, 1.807) is 32.5 Å². The smallest absolute Gasteiger partial charge is 0.259 e. The highest BCUT2D eigenvalue weighted by atomic mass is 16.5. The van der Waals surface area contributed by atoms with Crippen molar-refractivity contribution in [3.63, 3.8) is 0 Å². The number of likely N-dealkylation sites (tertiary alicyclic amines) is 1. The van der Waals surface area contributed by atoms with Gasteiger partial charge in [-0.15, -0.1) is 0 Å². The Bertz CT molecular complexity index is 778. The summed E-state index contributed by atoms with van der Waals surface area (Å²) >= 11 is 0. The number of rotatable bonds is 6. The fourth-order valence-corrected chi connectivity index (χ4v) is 3.39. The first-order valence-corrected chi connectivity index (χ1v) is 8.80. The molecular weight excluding hydrogens is 332 g/mol. The number of ether oxygens (including phenoxy) is 3. The lowest BCUT2D eigenvalue weighted by Crippen LogP contribution is -2.31. The molecule has 6 nitrogen and oxygen atoms in total. The number of hydrogen-bond donors (Lipinski definition) is 0. The number of benzene rings is 1. The molecule has 1 atom stereocenters. The summed E-state index contributed by atoms with van der Waals surface area (Å²) in [5.74, 6) is 1.81. The van der Waals surface area contributed by atoms with E-state index in [2.05, 4.69) is 4.98 Å². The number of amides is 1. The summed E-state index contributed by atoms with van der Waals surface area (Å²) in [5, 5.41) is 0. The van der Waals surface area contributed by atoms with Crippen LogP contribution in [0, 0.1) is 0 Å². The van der Waals surface area contributed by atoms with E-state index in [9.17, 15) is 4.79 Å². The maximum atomic E-state index is 13.2. The van der Waals surface area contributed by atoms with Crippen molar-refractivity contribution < 1.29 is 19.0 Å². The summed E-state index contributed by atoms with van der Waals surface area (Å²) in [6.07, 6.45) is 3.44. The Hall–Kier alpha value is -2.76. The first-order chi connectivity index (χ1) is 12.7. The fourth-order valence-electron chi connectivity index (χ4n) is 3.39. The van der Waals surface area contributed by atoms with Gasteiger partial charge < -0.3 is 19.1 Å². The van der Waals surface area contributed by atoms with E-state index in [0.717, 1.165) is 29.9 Å². The number of pyridine rings is 1. The first kappa shape index (κ1) is 18.0. The minimum Gasteiger partial charge on any atom is -0.497 e. The Kier molecular flexibility index (Phi) is 5.61. The zero-order chi connectivity index (χ0) is 18.5. The Morgan fingerprint density at radius 1 is 1.27 bits per heavy atom. The van der Waals surface area contributed by atoms with Crippen LogP contribution >= 0.6 is 0 Å². The van der Waals surface area contributed by atoms with Crippen LogP contribution in [0.4, 0.5) is 0 Å². The van der Waals surface area contributed by atoms with Crippen molar-refractivity contribution in [3.05, 3.63) is 47.7 Å². The van der Waals surface area contributed by atoms with Crippen LogP contribution < -0.4 is 14.2 Å². The number of aromatic nitrogens is 1. The molecule has 1 fully saturated rings. The van der Waals surface area contributed by atoms with Crippen molar-refractivity contribution in [1.29, 1.82) is 0 Å². The molecule has 3 rings (SSSR count). The van der Waals surface area contributed by atoms with Gasteiger partial charge in [0.1, 0.15) is 17.1 Å². The molecule has 6 heteroatoms. The van der Waals surface area contributed by atoms with Gasteiger partial charge >= 0.3 is 0 Å². The summed E-state index contributed by atoms with van der Waals surface area (Å²) < 4.78 is 16.4. The first-order valence-electron chi connectivity index (χ1n) is 8.80. The standard InChI is InChI=1S/C20H24N2O4/c1-4-26-19-15(7-5-11-21-19)20(23)22-12-6-8-17(22)16-13-14(24-2)9-10-18(16)25-3/h5,7,9-11,13,17H,4,6,8,12H2,1-3H3/t17-/m1/s1.